The molecule has 30 heavy (non-hydrogen) atoms. The summed E-state index contributed by atoms with van der Waals surface area (Å²) in [6.45, 7) is 0. The van der Waals surface area contributed by atoms with Crippen LogP contribution in [0.2, 0.25) is 0 Å². The largest absolute Gasteiger partial charge is 0.673 e. The molecule has 0 aliphatic rings. The molecule has 0 aliphatic heterocycles. The molecular formula is C23H18BF4NS. The zero-order chi connectivity index (χ0) is 21.6. The Bertz CT molecular complexity index is 1120. The molecule has 0 spiro atoms. The molecule has 7 heteroatoms. The maximum absolute atomic E-state index is 9.75. The van der Waals surface area contributed by atoms with Crippen LogP contribution in [-0.2, 0) is 23.3 Å². The lowest BCUT2D eigenvalue weighted by Crippen LogP contribution is -2.02. The van der Waals surface area contributed by atoms with Crippen LogP contribution >= 0.6 is 0 Å². The Labute approximate surface area is 176 Å². The van der Waals surface area contributed by atoms with Crippen molar-refractivity contribution in [3.63, 3.8) is 0 Å². The smallest absolute Gasteiger partial charge is 0.418 e. The second-order valence-corrected chi connectivity index (χ2v) is 7.72. The van der Waals surface area contributed by atoms with Crippen LogP contribution < -0.4 is 0 Å². The molecule has 0 amide bonds. The lowest BCUT2D eigenvalue weighted by Gasteiger charge is -2.08. The average molecular weight is 427 g/mol. The Morgan fingerprint density at radius 2 is 1.23 bits per heavy atom. The normalized spacial score (nSPS) is 11.0. The topological polar surface area (TPSA) is 23.8 Å². The molecule has 0 bridgehead atoms. The van der Waals surface area contributed by atoms with E-state index in [9.17, 15) is 17.3 Å². The van der Waals surface area contributed by atoms with Gasteiger partial charge in [0.1, 0.15) is 11.5 Å². The van der Waals surface area contributed by atoms with Crippen molar-refractivity contribution in [2.24, 2.45) is 0 Å². The summed E-state index contributed by atoms with van der Waals surface area (Å²) in [5, 5.41) is 14.2. The van der Waals surface area contributed by atoms with Crippen LogP contribution in [0, 0.1) is 11.3 Å². The quantitative estimate of drug-likeness (QED) is 0.117. The predicted octanol–water partition coefficient (Wildman–Crippen LogP) is 6.68. The molecule has 0 saturated carbocycles. The molecular weight excluding hydrogens is 409 g/mol. The highest BCUT2D eigenvalue weighted by atomic mass is 32.2. The number of thiol groups is 1. The van der Waals surface area contributed by atoms with E-state index in [4.69, 9.17) is 5.26 Å². The molecule has 152 valence electrons. The molecule has 0 radical (unpaired) electrons. The van der Waals surface area contributed by atoms with Gasteiger partial charge in [0.25, 0.3) is 0 Å². The Hall–Kier alpha value is -2.98. The zero-order valence-electron chi connectivity index (χ0n) is 15.9. The van der Waals surface area contributed by atoms with Crippen LogP contribution in [0.25, 0.3) is 21.5 Å². The maximum Gasteiger partial charge on any atom is 0.673 e. The molecule has 0 unspecified atom stereocenters. The van der Waals surface area contributed by atoms with Crippen molar-refractivity contribution in [3.8, 4) is 6.07 Å². The van der Waals surface area contributed by atoms with Gasteiger partial charge in [-0.2, -0.15) is 5.26 Å². The highest BCUT2D eigenvalue weighted by molar-refractivity contribution is 7.76. The van der Waals surface area contributed by atoms with Crippen molar-refractivity contribution in [3.05, 3.63) is 95.6 Å². The number of fused-ring (bicyclic) bond motifs is 2. The van der Waals surface area contributed by atoms with E-state index in [2.05, 4.69) is 72.8 Å². The summed E-state index contributed by atoms with van der Waals surface area (Å²) in [5.41, 5.74) is 3.44. The fourth-order valence-electron chi connectivity index (χ4n) is 3.26. The number of rotatable bonds is 4. The van der Waals surface area contributed by atoms with Gasteiger partial charge in [-0.3, -0.25) is 0 Å². The van der Waals surface area contributed by atoms with Gasteiger partial charge in [0.05, 0.1) is 11.6 Å². The molecule has 1 nitrogen and oxygen atoms in total. The molecule has 0 heterocycles. The van der Waals surface area contributed by atoms with Gasteiger partial charge >= 0.3 is 7.25 Å². The van der Waals surface area contributed by atoms with E-state index in [0.29, 0.717) is 0 Å². The summed E-state index contributed by atoms with van der Waals surface area (Å²) in [5.74, 6) is 2.03. The standard InChI is InChI=1S/C23H17NS.BF4/c24-14-17-9-11-18(12-10-17)15-25-16-23-21-7-3-1-5-19(21)13-20-6-2-4-8-22(20)23;2-1(3,4)5/h1-13H,15-16H2;/q;-1/p+1. The van der Waals surface area contributed by atoms with Gasteiger partial charge in [0.2, 0.25) is 0 Å². The Kier molecular flexibility index (Phi) is 7.01. The third-order valence-electron chi connectivity index (χ3n) is 4.53. The van der Waals surface area contributed by atoms with Gasteiger partial charge in [-0.05, 0) is 51.5 Å². The van der Waals surface area contributed by atoms with Crippen LogP contribution in [-0.4, -0.2) is 7.25 Å². The highest BCUT2D eigenvalue weighted by Crippen LogP contribution is 2.29. The Morgan fingerprint density at radius 1 is 0.733 bits per heavy atom. The molecule has 0 saturated heterocycles. The third-order valence-corrected chi connectivity index (χ3v) is 5.66. The summed E-state index contributed by atoms with van der Waals surface area (Å²) in [4.78, 5) is 0. The molecule has 4 aromatic rings. The van der Waals surface area contributed by atoms with E-state index in [1.807, 2.05) is 12.1 Å². The number of hydrogen-bond donors (Lipinski definition) is 0. The van der Waals surface area contributed by atoms with Gasteiger partial charge in [-0.25, -0.2) is 0 Å². The van der Waals surface area contributed by atoms with Crippen LogP contribution in [0.4, 0.5) is 17.3 Å². The average Bonchev–Trinajstić information content (AvgIpc) is 2.72. The molecule has 4 rings (SSSR count). The number of nitrogens with zero attached hydrogens (tertiary/aromatic N) is 1. The van der Waals surface area contributed by atoms with Gasteiger partial charge in [-0.15, -0.1) is 0 Å². The molecule has 0 aliphatic carbocycles. The Morgan fingerprint density at radius 3 is 1.73 bits per heavy atom. The number of benzene rings is 4. The van der Waals surface area contributed by atoms with E-state index in [1.54, 1.807) is 0 Å². The first kappa shape index (κ1) is 21.7. The summed E-state index contributed by atoms with van der Waals surface area (Å²) in [6.07, 6.45) is 0. The van der Waals surface area contributed by atoms with E-state index >= 15 is 0 Å². The zero-order valence-corrected chi connectivity index (χ0v) is 16.8. The first-order valence-electron chi connectivity index (χ1n) is 9.24. The van der Waals surface area contributed by atoms with Crippen molar-refractivity contribution < 1.29 is 17.3 Å². The molecule has 4 aromatic carbocycles. The van der Waals surface area contributed by atoms with E-state index < -0.39 is 7.25 Å². The Balaban J connectivity index is 0.000000461. The van der Waals surface area contributed by atoms with Crippen LogP contribution in [0.3, 0.4) is 0 Å². The van der Waals surface area contributed by atoms with E-state index in [0.717, 1.165) is 17.1 Å². The van der Waals surface area contributed by atoms with Gasteiger partial charge in [0.15, 0.2) is 0 Å². The van der Waals surface area contributed by atoms with Crippen LogP contribution in [0.5, 0.6) is 0 Å². The molecule has 0 N–H and O–H groups in total. The summed E-state index contributed by atoms with van der Waals surface area (Å²) < 4.78 is 39.0. The number of halogens is 4. The minimum atomic E-state index is -6.00. The molecule has 0 fully saturated rings. The fourth-order valence-corrected chi connectivity index (χ4v) is 4.40. The second kappa shape index (κ2) is 9.68. The minimum absolute atomic E-state index is 0.723. The lowest BCUT2D eigenvalue weighted by atomic mass is 9.98. The van der Waals surface area contributed by atoms with Gasteiger partial charge < -0.3 is 17.3 Å². The number of nitriles is 1. The second-order valence-electron chi connectivity index (χ2n) is 6.64. The van der Waals surface area contributed by atoms with Crippen molar-refractivity contribution >= 4 is 40.6 Å². The molecule has 0 aromatic heterocycles. The first-order valence-corrected chi connectivity index (χ1v) is 10.5. The van der Waals surface area contributed by atoms with Crippen molar-refractivity contribution in [1.29, 1.82) is 5.26 Å². The minimum Gasteiger partial charge on any atom is -0.418 e. The summed E-state index contributed by atoms with van der Waals surface area (Å²) in [6, 6.07) is 29.7. The first-order chi connectivity index (χ1) is 14.3. The summed E-state index contributed by atoms with van der Waals surface area (Å²) in [7, 11) is -6.00. The predicted molar refractivity (Wildman–Crippen MR) is 119 cm³/mol. The van der Waals surface area contributed by atoms with E-state index in [-0.39, 0.29) is 0 Å². The van der Waals surface area contributed by atoms with Crippen LogP contribution in [0.1, 0.15) is 16.7 Å². The molecule has 0 atom stereocenters. The van der Waals surface area contributed by atoms with Crippen molar-refractivity contribution in [2.75, 3.05) is 0 Å². The highest BCUT2D eigenvalue weighted by Gasteiger charge is 2.20. The van der Waals surface area contributed by atoms with Crippen molar-refractivity contribution in [2.45, 2.75) is 11.5 Å². The van der Waals surface area contributed by atoms with Gasteiger partial charge in [-0.1, -0.05) is 60.7 Å². The fraction of sp³-hybridized carbons (Fsp3) is 0.0870. The number of hydrogen-bond acceptors (Lipinski definition) is 1. The van der Waals surface area contributed by atoms with E-state index in [1.165, 1.54) is 44.4 Å². The SMILES string of the molecule is F[B-](F)(F)F.N#Cc1ccc(C[SH+]Cc2c3ccccc3cc3ccccc23)cc1. The van der Waals surface area contributed by atoms with Crippen molar-refractivity contribution in [1.82, 2.24) is 0 Å². The summed E-state index contributed by atoms with van der Waals surface area (Å²) >= 11 is 1.37. The third kappa shape index (κ3) is 6.01. The van der Waals surface area contributed by atoms with Crippen LogP contribution in [0.15, 0.2) is 78.9 Å². The lowest BCUT2D eigenvalue weighted by molar-refractivity contribution is 0.368. The van der Waals surface area contributed by atoms with Gasteiger partial charge in [0, 0.05) is 11.1 Å². The maximum atomic E-state index is 9.75. The monoisotopic (exact) mass is 427 g/mol.